The summed E-state index contributed by atoms with van der Waals surface area (Å²) >= 11 is 0. The molecule has 1 atom stereocenters. The van der Waals surface area contributed by atoms with Crippen molar-refractivity contribution in [1.29, 1.82) is 0 Å². The maximum absolute atomic E-state index is 10.7. The van der Waals surface area contributed by atoms with E-state index >= 15 is 0 Å². The summed E-state index contributed by atoms with van der Waals surface area (Å²) in [6.07, 6.45) is 1.42. The van der Waals surface area contributed by atoms with Crippen molar-refractivity contribution in [3.05, 3.63) is 28.3 Å². The number of aliphatic hydroxyl groups is 1. The van der Waals surface area contributed by atoms with Gasteiger partial charge in [0, 0.05) is 36.2 Å². The number of nitrogens with zero attached hydrogens (tertiary/aromatic N) is 1. The van der Waals surface area contributed by atoms with Crippen molar-refractivity contribution in [2.75, 3.05) is 17.7 Å². The molecule has 0 aliphatic heterocycles. The van der Waals surface area contributed by atoms with Gasteiger partial charge in [0.1, 0.15) is 0 Å². The van der Waals surface area contributed by atoms with Crippen LogP contribution >= 0.6 is 0 Å². The summed E-state index contributed by atoms with van der Waals surface area (Å²) < 4.78 is 0. The third-order valence-corrected chi connectivity index (χ3v) is 2.49. The highest BCUT2D eigenvalue weighted by Gasteiger charge is 2.11. The summed E-state index contributed by atoms with van der Waals surface area (Å²) in [6, 6.07) is 4.49. The van der Waals surface area contributed by atoms with E-state index in [9.17, 15) is 10.1 Å². The van der Waals surface area contributed by atoms with Gasteiger partial charge in [-0.15, -0.1) is 0 Å². The van der Waals surface area contributed by atoms with Gasteiger partial charge in [-0.25, -0.2) is 0 Å². The van der Waals surface area contributed by atoms with E-state index in [0.717, 1.165) is 6.42 Å². The molecule has 17 heavy (non-hydrogen) atoms. The van der Waals surface area contributed by atoms with E-state index in [4.69, 9.17) is 10.8 Å². The monoisotopic (exact) mass is 239 g/mol. The number of anilines is 2. The number of nitro benzene ring substituents is 1. The summed E-state index contributed by atoms with van der Waals surface area (Å²) in [7, 11) is 0. The number of hydrogen-bond acceptors (Lipinski definition) is 5. The molecule has 4 N–H and O–H groups in total. The average Bonchev–Trinajstić information content (AvgIpc) is 2.27. The Hall–Kier alpha value is -1.82. The van der Waals surface area contributed by atoms with Crippen LogP contribution in [0.3, 0.4) is 0 Å². The molecular weight excluding hydrogens is 222 g/mol. The Labute approximate surface area is 99.6 Å². The number of rotatable bonds is 6. The molecule has 1 rings (SSSR count). The predicted octanol–water partition coefficient (Wildman–Crippen LogP) is 1.75. The maximum atomic E-state index is 10.7. The van der Waals surface area contributed by atoms with E-state index in [2.05, 4.69) is 5.32 Å². The van der Waals surface area contributed by atoms with E-state index in [0.29, 0.717) is 17.8 Å². The molecule has 1 unspecified atom stereocenters. The van der Waals surface area contributed by atoms with Crippen LogP contribution in [0.15, 0.2) is 18.2 Å². The van der Waals surface area contributed by atoms with Gasteiger partial charge >= 0.3 is 0 Å². The summed E-state index contributed by atoms with van der Waals surface area (Å²) in [5, 5.41) is 22.7. The Morgan fingerprint density at radius 1 is 1.53 bits per heavy atom. The minimum Gasteiger partial charge on any atom is -0.398 e. The zero-order valence-electron chi connectivity index (χ0n) is 9.72. The van der Waals surface area contributed by atoms with Crippen LogP contribution in [-0.2, 0) is 0 Å². The molecule has 6 heteroatoms. The molecule has 0 heterocycles. The van der Waals surface area contributed by atoms with Crippen LogP contribution in [0.4, 0.5) is 17.1 Å². The number of nitro groups is 1. The van der Waals surface area contributed by atoms with E-state index in [-0.39, 0.29) is 18.3 Å². The predicted molar refractivity (Wildman–Crippen MR) is 66.9 cm³/mol. The second kappa shape index (κ2) is 6.05. The van der Waals surface area contributed by atoms with E-state index in [1.165, 1.54) is 12.1 Å². The first-order chi connectivity index (χ1) is 8.06. The fraction of sp³-hybridized carbons (Fsp3) is 0.455. The van der Waals surface area contributed by atoms with Crippen molar-refractivity contribution < 1.29 is 10.0 Å². The zero-order chi connectivity index (χ0) is 12.8. The van der Waals surface area contributed by atoms with Crippen LogP contribution in [0.2, 0.25) is 0 Å². The normalized spacial score (nSPS) is 12.1. The highest BCUT2D eigenvalue weighted by molar-refractivity contribution is 5.61. The molecule has 1 aromatic carbocycles. The zero-order valence-corrected chi connectivity index (χ0v) is 9.72. The van der Waals surface area contributed by atoms with E-state index in [1.54, 1.807) is 6.07 Å². The lowest BCUT2D eigenvalue weighted by Gasteiger charge is -2.17. The molecule has 0 fully saturated rings. The van der Waals surface area contributed by atoms with Gasteiger partial charge in [0.2, 0.25) is 0 Å². The van der Waals surface area contributed by atoms with Crippen molar-refractivity contribution in [2.45, 2.75) is 25.8 Å². The molecule has 6 nitrogen and oxygen atoms in total. The van der Waals surface area contributed by atoms with Gasteiger partial charge in [0.25, 0.3) is 5.69 Å². The number of nitrogens with two attached hydrogens (primary N) is 1. The van der Waals surface area contributed by atoms with Gasteiger partial charge in [-0.3, -0.25) is 10.1 Å². The number of nitrogens with one attached hydrogen (secondary N) is 1. The van der Waals surface area contributed by atoms with Crippen molar-refractivity contribution in [3.63, 3.8) is 0 Å². The van der Waals surface area contributed by atoms with Gasteiger partial charge in [-0.05, 0) is 18.9 Å². The second-order valence-corrected chi connectivity index (χ2v) is 3.83. The molecule has 0 spiro atoms. The molecule has 1 aromatic rings. The molecule has 0 saturated carbocycles. The summed E-state index contributed by atoms with van der Waals surface area (Å²) in [6.45, 7) is 2.06. The number of hydrogen-bond donors (Lipinski definition) is 3. The Balaban J connectivity index is 2.86. The molecule has 94 valence electrons. The minimum atomic E-state index is -0.478. The molecule has 0 bridgehead atoms. The van der Waals surface area contributed by atoms with Crippen molar-refractivity contribution in [2.24, 2.45) is 0 Å². The standard InChI is InChI=1S/C11H17N3O3/c1-2-9(3-4-15)13-10-5-8(12)6-11(7-10)14(16)17/h5-7,9,13,15H,2-4,12H2,1H3. The molecule has 0 aliphatic rings. The van der Waals surface area contributed by atoms with Gasteiger partial charge in [-0.2, -0.15) is 0 Å². The molecule has 0 aromatic heterocycles. The quantitative estimate of drug-likeness (QED) is 0.399. The van der Waals surface area contributed by atoms with Crippen LogP contribution in [0, 0.1) is 10.1 Å². The van der Waals surface area contributed by atoms with Crippen LogP contribution in [0.25, 0.3) is 0 Å². The summed E-state index contributed by atoms with van der Waals surface area (Å²) in [5.74, 6) is 0. The number of non-ortho nitro benzene ring substituents is 1. The van der Waals surface area contributed by atoms with Crippen LogP contribution in [0.5, 0.6) is 0 Å². The van der Waals surface area contributed by atoms with Crippen molar-refractivity contribution >= 4 is 17.1 Å². The maximum Gasteiger partial charge on any atom is 0.273 e. The lowest BCUT2D eigenvalue weighted by Crippen LogP contribution is -2.19. The topological polar surface area (TPSA) is 101 Å². The summed E-state index contributed by atoms with van der Waals surface area (Å²) in [4.78, 5) is 10.2. The van der Waals surface area contributed by atoms with Gasteiger partial charge in [0.15, 0.2) is 0 Å². The largest absolute Gasteiger partial charge is 0.398 e. The Morgan fingerprint density at radius 2 is 2.24 bits per heavy atom. The van der Waals surface area contributed by atoms with Gasteiger partial charge < -0.3 is 16.2 Å². The van der Waals surface area contributed by atoms with Gasteiger partial charge in [0.05, 0.1) is 4.92 Å². The molecule has 0 amide bonds. The second-order valence-electron chi connectivity index (χ2n) is 3.83. The third kappa shape index (κ3) is 3.92. The Bertz CT molecular complexity index is 396. The van der Waals surface area contributed by atoms with Crippen LogP contribution < -0.4 is 11.1 Å². The molecule has 0 radical (unpaired) electrons. The van der Waals surface area contributed by atoms with Crippen molar-refractivity contribution in [1.82, 2.24) is 0 Å². The smallest absolute Gasteiger partial charge is 0.273 e. The van der Waals surface area contributed by atoms with Crippen LogP contribution in [0.1, 0.15) is 19.8 Å². The Morgan fingerprint density at radius 3 is 2.76 bits per heavy atom. The number of nitrogen functional groups attached to an aromatic ring is 1. The summed E-state index contributed by atoms with van der Waals surface area (Å²) in [5.41, 5.74) is 6.51. The molecule has 0 aliphatic carbocycles. The first-order valence-corrected chi connectivity index (χ1v) is 5.49. The van der Waals surface area contributed by atoms with Crippen LogP contribution in [-0.4, -0.2) is 22.7 Å². The third-order valence-electron chi connectivity index (χ3n) is 2.49. The molecular formula is C11H17N3O3. The van der Waals surface area contributed by atoms with Crippen molar-refractivity contribution in [3.8, 4) is 0 Å². The van der Waals surface area contributed by atoms with E-state index in [1.807, 2.05) is 6.92 Å². The first kappa shape index (κ1) is 13.2. The lowest BCUT2D eigenvalue weighted by atomic mass is 10.1. The average molecular weight is 239 g/mol. The highest BCUT2D eigenvalue weighted by atomic mass is 16.6. The highest BCUT2D eigenvalue weighted by Crippen LogP contribution is 2.23. The van der Waals surface area contributed by atoms with E-state index < -0.39 is 4.92 Å². The SMILES string of the molecule is CCC(CCO)Nc1cc(N)cc([N+](=O)[O-])c1. The fourth-order valence-corrected chi connectivity index (χ4v) is 1.59. The lowest BCUT2D eigenvalue weighted by molar-refractivity contribution is -0.384. The fourth-order valence-electron chi connectivity index (χ4n) is 1.59. The minimum absolute atomic E-state index is 0.0358. The first-order valence-electron chi connectivity index (χ1n) is 5.49. The molecule has 0 saturated heterocycles. The number of benzene rings is 1. The number of aliphatic hydroxyl groups excluding tert-OH is 1. The Kier molecular flexibility index (Phi) is 4.71. The van der Waals surface area contributed by atoms with Gasteiger partial charge in [-0.1, -0.05) is 6.92 Å².